The van der Waals surface area contributed by atoms with E-state index in [1.165, 1.54) is 22.4 Å². The molecule has 2 aromatic rings. The van der Waals surface area contributed by atoms with E-state index in [9.17, 15) is 4.79 Å². The van der Waals surface area contributed by atoms with Gasteiger partial charge in [-0.25, -0.2) is 0 Å². The Labute approximate surface area is 178 Å². The first kappa shape index (κ1) is 21.2. The lowest BCUT2D eigenvalue weighted by Gasteiger charge is -2.31. The highest BCUT2D eigenvalue weighted by Crippen LogP contribution is 2.27. The highest BCUT2D eigenvalue weighted by molar-refractivity contribution is 6.30. The molecule has 0 radical (unpaired) electrons. The minimum atomic E-state index is 0.0130. The van der Waals surface area contributed by atoms with E-state index in [2.05, 4.69) is 43.6 Å². The third kappa shape index (κ3) is 5.50. The lowest BCUT2D eigenvalue weighted by atomic mass is 9.86. The molecule has 2 aromatic carbocycles. The molecule has 2 N–H and O–H groups in total. The summed E-state index contributed by atoms with van der Waals surface area (Å²) in [6.07, 6.45) is 4.13. The molecule has 1 aliphatic rings. The maximum Gasteiger partial charge on any atom is 0.278 e. The van der Waals surface area contributed by atoms with Gasteiger partial charge in [0.15, 0.2) is 6.04 Å². The number of amides is 1. The molecule has 5 heteroatoms. The van der Waals surface area contributed by atoms with Crippen LogP contribution in [0.25, 0.3) is 0 Å². The molecule has 0 bridgehead atoms. The summed E-state index contributed by atoms with van der Waals surface area (Å²) in [4.78, 5) is 14.3. The van der Waals surface area contributed by atoms with Gasteiger partial charge in [-0.05, 0) is 61.6 Å². The van der Waals surface area contributed by atoms with Gasteiger partial charge in [0.2, 0.25) is 0 Å². The van der Waals surface area contributed by atoms with Crippen LogP contribution in [0.4, 0.5) is 0 Å². The zero-order valence-corrected chi connectivity index (χ0v) is 18.1. The Bertz CT molecular complexity index is 776. The fraction of sp³-hybridized carbons (Fsp3) is 0.435. The van der Waals surface area contributed by atoms with Crippen molar-refractivity contribution in [2.45, 2.75) is 50.6 Å². The van der Waals surface area contributed by atoms with Crippen molar-refractivity contribution in [1.82, 2.24) is 5.32 Å². The topological polar surface area (TPSA) is 33.5 Å². The van der Waals surface area contributed by atoms with E-state index in [1.54, 1.807) is 0 Å². The molecule has 0 saturated carbocycles. The van der Waals surface area contributed by atoms with Gasteiger partial charge in [-0.15, -0.1) is 0 Å². The summed E-state index contributed by atoms with van der Waals surface area (Å²) in [6, 6.07) is 16.0. The van der Waals surface area contributed by atoms with Crippen LogP contribution in [0.2, 0.25) is 10.0 Å². The molecular weight excluding hydrogens is 391 g/mol. The first-order valence-corrected chi connectivity index (χ1v) is 10.8. The van der Waals surface area contributed by atoms with Crippen LogP contribution >= 0.6 is 23.2 Å². The van der Waals surface area contributed by atoms with Crippen LogP contribution in [0, 0.1) is 0 Å². The second kappa shape index (κ2) is 9.78. The predicted molar refractivity (Wildman–Crippen MR) is 116 cm³/mol. The molecule has 0 aliphatic carbocycles. The van der Waals surface area contributed by atoms with Crippen LogP contribution in [-0.2, 0) is 11.2 Å². The molecule has 3 rings (SSSR count). The molecule has 28 heavy (non-hydrogen) atoms. The van der Waals surface area contributed by atoms with Crippen molar-refractivity contribution in [3.63, 3.8) is 0 Å². The number of quaternary nitrogens is 1. The van der Waals surface area contributed by atoms with Crippen LogP contribution in [0.3, 0.4) is 0 Å². The normalized spacial score (nSPS) is 21.7. The van der Waals surface area contributed by atoms with Gasteiger partial charge in [0.1, 0.15) is 0 Å². The van der Waals surface area contributed by atoms with E-state index in [4.69, 9.17) is 23.2 Å². The van der Waals surface area contributed by atoms with Crippen molar-refractivity contribution in [3.05, 3.63) is 69.7 Å². The standard InChI is InChI=1S/C23H28Cl2N2O/c1-16(26-23(28)22-5-3-4-14-27(22)2)21(18-8-12-20(25)13-9-18)15-17-6-10-19(24)11-7-17/h6-13,16,21-22H,3-5,14-15H2,1-2H3,(H,26,28)/p+1/t16-,21+,22?/m1/s1. The maximum atomic E-state index is 12.9. The van der Waals surface area contributed by atoms with Crippen molar-refractivity contribution in [2.24, 2.45) is 0 Å². The molecule has 1 saturated heterocycles. The quantitative estimate of drug-likeness (QED) is 0.731. The van der Waals surface area contributed by atoms with E-state index in [-0.39, 0.29) is 23.9 Å². The molecule has 1 amide bonds. The summed E-state index contributed by atoms with van der Waals surface area (Å²) in [5, 5.41) is 4.76. The third-order valence-electron chi connectivity index (χ3n) is 5.87. The Morgan fingerprint density at radius 1 is 1.07 bits per heavy atom. The van der Waals surface area contributed by atoms with Crippen molar-refractivity contribution in [1.29, 1.82) is 0 Å². The zero-order valence-electron chi connectivity index (χ0n) is 16.6. The van der Waals surface area contributed by atoms with Crippen molar-refractivity contribution in [2.75, 3.05) is 13.6 Å². The van der Waals surface area contributed by atoms with Gasteiger partial charge >= 0.3 is 0 Å². The SMILES string of the molecule is C[C@@H](NC(=O)C1CCCC[NH+]1C)[C@H](Cc1ccc(Cl)cc1)c1ccc(Cl)cc1. The summed E-state index contributed by atoms with van der Waals surface area (Å²) in [5.41, 5.74) is 2.38. The molecule has 1 aliphatic heterocycles. The number of carbonyl (C=O) groups excluding carboxylic acids is 1. The van der Waals surface area contributed by atoms with Crippen LogP contribution < -0.4 is 10.2 Å². The van der Waals surface area contributed by atoms with Gasteiger partial charge in [0.05, 0.1) is 13.6 Å². The van der Waals surface area contributed by atoms with Gasteiger partial charge in [0.25, 0.3) is 5.91 Å². The fourth-order valence-corrected chi connectivity index (χ4v) is 4.37. The Kier molecular flexibility index (Phi) is 7.39. The largest absolute Gasteiger partial charge is 0.348 e. The number of nitrogens with one attached hydrogen (secondary N) is 2. The molecule has 150 valence electrons. The van der Waals surface area contributed by atoms with Gasteiger partial charge in [0, 0.05) is 28.4 Å². The number of piperidine rings is 1. The average Bonchev–Trinajstić information content (AvgIpc) is 2.68. The zero-order chi connectivity index (χ0) is 20.1. The minimum absolute atomic E-state index is 0.0130. The second-order valence-corrected chi connectivity index (χ2v) is 8.80. The molecule has 0 spiro atoms. The lowest BCUT2D eigenvalue weighted by Crippen LogP contribution is -3.15. The Hall–Kier alpha value is -1.55. The summed E-state index contributed by atoms with van der Waals surface area (Å²) < 4.78 is 0. The number of hydrogen-bond acceptors (Lipinski definition) is 1. The monoisotopic (exact) mass is 419 g/mol. The third-order valence-corrected chi connectivity index (χ3v) is 6.37. The van der Waals surface area contributed by atoms with Gasteiger partial charge in [-0.2, -0.15) is 0 Å². The number of likely N-dealkylation sites (N-methyl/N-ethyl adjacent to an activating group) is 1. The summed E-state index contributed by atoms with van der Waals surface area (Å²) in [5.74, 6) is 0.325. The average molecular weight is 420 g/mol. The van der Waals surface area contributed by atoms with E-state index < -0.39 is 0 Å². The maximum absolute atomic E-state index is 12.9. The van der Waals surface area contributed by atoms with Crippen LogP contribution in [-0.4, -0.2) is 31.6 Å². The van der Waals surface area contributed by atoms with E-state index in [0.29, 0.717) is 0 Å². The van der Waals surface area contributed by atoms with Crippen molar-refractivity contribution >= 4 is 29.1 Å². The van der Waals surface area contributed by atoms with E-state index >= 15 is 0 Å². The fourth-order valence-electron chi connectivity index (χ4n) is 4.12. The van der Waals surface area contributed by atoms with Gasteiger partial charge < -0.3 is 10.2 Å². The highest BCUT2D eigenvalue weighted by Gasteiger charge is 2.32. The van der Waals surface area contributed by atoms with E-state index in [1.807, 2.05) is 24.3 Å². The number of rotatable bonds is 6. The van der Waals surface area contributed by atoms with Crippen molar-refractivity contribution < 1.29 is 9.69 Å². The minimum Gasteiger partial charge on any atom is -0.348 e. The number of benzene rings is 2. The number of carbonyl (C=O) groups is 1. The number of halogens is 2. The first-order valence-electron chi connectivity index (χ1n) is 10.1. The van der Waals surface area contributed by atoms with Crippen LogP contribution in [0.1, 0.15) is 43.2 Å². The van der Waals surface area contributed by atoms with Crippen molar-refractivity contribution in [3.8, 4) is 0 Å². The van der Waals surface area contributed by atoms with Crippen LogP contribution in [0.15, 0.2) is 48.5 Å². The van der Waals surface area contributed by atoms with Gasteiger partial charge in [-0.3, -0.25) is 4.79 Å². The summed E-state index contributed by atoms with van der Waals surface area (Å²) in [6.45, 7) is 3.17. The lowest BCUT2D eigenvalue weighted by molar-refractivity contribution is -0.901. The molecule has 3 nitrogen and oxygen atoms in total. The summed E-state index contributed by atoms with van der Waals surface area (Å²) >= 11 is 12.1. The number of likely N-dealkylation sites (tertiary alicyclic amines) is 1. The summed E-state index contributed by atoms with van der Waals surface area (Å²) in [7, 11) is 2.12. The van der Waals surface area contributed by atoms with E-state index in [0.717, 1.165) is 35.9 Å². The molecule has 1 fully saturated rings. The second-order valence-electron chi connectivity index (χ2n) is 7.93. The Morgan fingerprint density at radius 2 is 1.68 bits per heavy atom. The smallest absolute Gasteiger partial charge is 0.278 e. The Balaban J connectivity index is 1.77. The molecule has 4 atom stereocenters. The van der Waals surface area contributed by atoms with Gasteiger partial charge in [-0.1, -0.05) is 47.5 Å². The van der Waals surface area contributed by atoms with Crippen LogP contribution in [0.5, 0.6) is 0 Å². The molecular formula is C23H29Cl2N2O+. The molecule has 2 unspecified atom stereocenters. The predicted octanol–water partition coefficient (Wildman–Crippen LogP) is 3.89. The first-order chi connectivity index (χ1) is 13.4. The number of hydrogen-bond donors (Lipinski definition) is 2. The molecule has 0 aromatic heterocycles. The highest BCUT2D eigenvalue weighted by atomic mass is 35.5. The molecule has 1 heterocycles. The Morgan fingerprint density at radius 3 is 2.29 bits per heavy atom.